The Labute approximate surface area is 115 Å². The zero-order valence-corrected chi connectivity index (χ0v) is 12.8. The maximum atomic E-state index is 11.8. The topological polar surface area (TPSA) is 43.4 Å². The summed E-state index contributed by atoms with van der Waals surface area (Å²) in [7, 11) is -3.70. The van der Waals surface area contributed by atoms with Crippen molar-refractivity contribution < 1.29 is 12.6 Å². The van der Waals surface area contributed by atoms with Crippen molar-refractivity contribution >= 4 is 37.6 Å². The molecule has 0 atom stereocenters. The first kappa shape index (κ1) is 15.0. The Morgan fingerprint density at radius 3 is 2.29 bits per heavy atom. The molecule has 0 amide bonds. The third-order valence-electron chi connectivity index (χ3n) is 2.07. The van der Waals surface area contributed by atoms with Crippen molar-refractivity contribution in [2.24, 2.45) is 5.41 Å². The molecule has 0 aliphatic carbocycles. The van der Waals surface area contributed by atoms with Crippen LogP contribution in [-0.4, -0.2) is 20.9 Å². The van der Waals surface area contributed by atoms with Crippen molar-refractivity contribution in [1.82, 2.24) is 0 Å². The van der Waals surface area contributed by atoms with E-state index in [0.717, 1.165) is 4.47 Å². The van der Waals surface area contributed by atoms with Gasteiger partial charge in [0.1, 0.15) is 0 Å². The molecular formula is C11H14BrClO3S. The van der Waals surface area contributed by atoms with E-state index in [0.29, 0.717) is 5.88 Å². The van der Waals surface area contributed by atoms with Gasteiger partial charge in [-0.2, -0.15) is 8.42 Å². The maximum absolute atomic E-state index is 11.8. The van der Waals surface area contributed by atoms with Crippen LogP contribution in [0, 0.1) is 5.41 Å². The van der Waals surface area contributed by atoms with Crippen molar-refractivity contribution in [3.63, 3.8) is 0 Å². The first-order valence-electron chi connectivity index (χ1n) is 4.98. The second-order valence-electron chi connectivity index (χ2n) is 4.47. The molecular weight excluding hydrogens is 328 g/mol. The smallest absolute Gasteiger partial charge is 0.266 e. The highest BCUT2D eigenvalue weighted by Crippen LogP contribution is 2.22. The summed E-state index contributed by atoms with van der Waals surface area (Å²) in [5, 5.41) is 0. The normalized spacial score (nSPS) is 12.7. The molecule has 0 aliphatic rings. The number of hydrogen-bond donors (Lipinski definition) is 0. The first-order chi connectivity index (χ1) is 7.77. The number of hydrogen-bond acceptors (Lipinski definition) is 3. The van der Waals surface area contributed by atoms with E-state index >= 15 is 0 Å². The van der Waals surface area contributed by atoms with Crippen molar-refractivity contribution in [2.45, 2.75) is 18.7 Å². The zero-order valence-electron chi connectivity index (χ0n) is 9.61. The molecule has 0 unspecified atom stereocenters. The third kappa shape index (κ3) is 4.58. The van der Waals surface area contributed by atoms with Crippen LogP contribution in [0.4, 0.5) is 0 Å². The molecule has 0 bridgehead atoms. The fourth-order valence-corrected chi connectivity index (χ4v) is 2.37. The van der Waals surface area contributed by atoms with Gasteiger partial charge in [0.15, 0.2) is 0 Å². The molecule has 1 aromatic rings. The van der Waals surface area contributed by atoms with Gasteiger partial charge in [-0.05, 0) is 24.3 Å². The zero-order chi connectivity index (χ0) is 13.1. The van der Waals surface area contributed by atoms with Crippen LogP contribution >= 0.6 is 27.5 Å². The summed E-state index contributed by atoms with van der Waals surface area (Å²) in [4.78, 5) is 0.145. The van der Waals surface area contributed by atoms with Crippen molar-refractivity contribution in [3.8, 4) is 0 Å². The van der Waals surface area contributed by atoms with Crippen LogP contribution in [0.1, 0.15) is 13.8 Å². The average Bonchev–Trinajstić information content (AvgIpc) is 2.27. The molecule has 0 aliphatic heterocycles. The van der Waals surface area contributed by atoms with E-state index in [4.69, 9.17) is 15.8 Å². The highest BCUT2D eigenvalue weighted by molar-refractivity contribution is 9.10. The van der Waals surface area contributed by atoms with Crippen molar-refractivity contribution in [3.05, 3.63) is 28.7 Å². The van der Waals surface area contributed by atoms with Crippen molar-refractivity contribution in [1.29, 1.82) is 0 Å². The lowest BCUT2D eigenvalue weighted by molar-refractivity contribution is 0.206. The first-order valence-corrected chi connectivity index (χ1v) is 7.71. The van der Waals surface area contributed by atoms with Crippen molar-refractivity contribution in [2.75, 3.05) is 12.5 Å². The molecule has 96 valence electrons. The summed E-state index contributed by atoms with van der Waals surface area (Å²) in [6.07, 6.45) is 0. The molecule has 0 N–H and O–H groups in total. The van der Waals surface area contributed by atoms with E-state index < -0.39 is 10.1 Å². The summed E-state index contributed by atoms with van der Waals surface area (Å²) in [6.45, 7) is 3.75. The Bertz CT molecular complexity index is 468. The molecule has 3 nitrogen and oxygen atoms in total. The van der Waals surface area contributed by atoms with E-state index in [-0.39, 0.29) is 16.9 Å². The largest absolute Gasteiger partial charge is 0.296 e. The number of halogens is 2. The van der Waals surface area contributed by atoms with Crippen LogP contribution in [0.15, 0.2) is 33.6 Å². The Hall–Kier alpha value is -0.100. The summed E-state index contributed by atoms with van der Waals surface area (Å²) < 4.78 is 29.5. The second-order valence-corrected chi connectivity index (χ2v) is 7.27. The van der Waals surface area contributed by atoms with Gasteiger partial charge >= 0.3 is 0 Å². The van der Waals surface area contributed by atoms with E-state index in [1.807, 2.05) is 13.8 Å². The molecule has 6 heteroatoms. The summed E-state index contributed by atoms with van der Waals surface area (Å²) >= 11 is 8.95. The second kappa shape index (κ2) is 5.69. The Morgan fingerprint density at radius 1 is 1.29 bits per heavy atom. The number of benzene rings is 1. The van der Waals surface area contributed by atoms with Gasteiger partial charge in [0, 0.05) is 15.8 Å². The standard InChI is InChI=1S/C11H14BrClO3S/c1-11(2,7-13)8-16-17(14,15)10-5-3-9(12)4-6-10/h3-6H,7-8H2,1-2H3. The lowest BCUT2D eigenvalue weighted by atomic mass is 9.99. The minimum atomic E-state index is -3.70. The van der Waals surface area contributed by atoms with Crippen LogP contribution in [0.2, 0.25) is 0 Å². The minimum Gasteiger partial charge on any atom is -0.266 e. The SMILES string of the molecule is CC(C)(CCl)COS(=O)(=O)c1ccc(Br)cc1. The Morgan fingerprint density at radius 2 is 1.82 bits per heavy atom. The van der Waals surface area contributed by atoms with E-state index in [9.17, 15) is 8.42 Å². The fraction of sp³-hybridized carbons (Fsp3) is 0.455. The van der Waals surface area contributed by atoms with Crippen LogP contribution in [0.25, 0.3) is 0 Å². The van der Waals surface area contributed by atoms with Gasteiger partial charge in [0.25, 0.3) is 10.1 Å². The molecule has 1 rings (SSSR count). The van der Waals surface area contributed by atoms with Gasteiger partial charge in [-0.25, -0.2) is 0 Å². The molecule has 0 radical (unpaired) electrons. The highest BCUT2D eigenvalue weighted by Gasteiger charge is 2.22. The number of alkyl halides is 1. The van der Waals surface area contributed by atoms with Crippen LogP contribution in [0.3, 0.4) is 0 Å². The maximum Gasteiger partial charge on any atom is 0.296 e. The predicted octanol–water partition coefficient (Wildman–Crippen LogP) is 3.42. The predicted molar refractivity (Wildman–Crippen MR) is 71.8 cm³/mol. The van der Waals surface area contributed by atoms with Gasteiger partial charge in [0.2, 0.25) is 0 Å². The quantitative estimate of drug-likeness (QED) is 0.609. The summed E-state index contributed by atoms with van der Waals surface area (Å²) in [5.41, 5.74) is -0.371. The molecule has 0 heterocycles. The number of rotatable bonds is 5. The average molecular weight is 342 g/mol. The highest BCUT2D eigenvalue weighted by atomic mass is 79.9. The Kier molecular flexibility index (Phi) is 5.01. The lowest BCUT2D eigenvalue weighted by Gasteiger charge is -2.20. The minimum absolute atomic E-state index is 0.0644. The Balaban J connectivity index is 2.79. The van der Waals surface area contributed by atoms with Crippen LogP contribution < -0.4 is 0 Å². The van der Waals surface area contributed by atoms with Gasteiger partial charge in [-0.3, -0.25) is 4.18 Å². The van der Waals surface area contributed by atoms with Gasteiger partial charge in [-0.1, -0.05) is 29.8 Å². The molecule has 0 fully saturated rings. The van der Waals surface area contributed by atoms with E-state index in [1.165, 1.54) is 12.1 Å². The third-order valence-corrected chi connectivity index (χ3v) is 4.60. The van der Waals surface area contributed by atoms with Crippen LogP contribution in [-0.2, 0) is 14.3 Å². The summed E-state index contributed by atoms with van der Waals surface area (Å²) in [6, 6.07) is 6.30. The molecule has 1 aromatic carbocycles. The molecule has 0 saturated carbocycles. The molecule has 0 aromatic heterocycles. The van der Waals surface area contributed by atoms with Gasteiger partial charge in [-0.15, -0.1) is 11.6 Å². The van der Waals surface area contributed by atoms with Gasteiger partial charge < -0.3 is 0 Å². The van der Waals surface area contributed by atoms with Gasteiger partial charge in [0.05, 0.1) is 11.5 Å². The molecule has 0 saturated heterocycles. The van der Waals surface area contributed by atoms with Crippen LogP contribution in [0.5, 0.6) is 0 Å². The molecule has 17 heavy (non-hydrogen) atoms. The molecule has 0 spiro atoms. The monoisotopic (exact) mass is 340 g/mol. The van der Waals surface area contributed by atoms with E-state index in [2.05, 4.69) is 15.9 Å². The lowest BCUT2D eigenvalue weighted by Crippen LogP contribution is -2.23. The summed E-state index contributed by atoms with van der Waals surface area (Å²) in [5.74, 6) is 0.336. The van der Waals surface area contributed by atoms with E-state index in [1.54, 1.807) is 12.1 Å². The fourth-order valence-electron chi connectivity index (χ4n) is 0.945.